The van der Waals surface area contributed by atoms with Crippen molar-refractivity contribution >= 4 is 17.3 Å². The molecule has 0 saturated heterocycles. The van der Waals surface area contributed by atoms with Gasteiger partial charge in [-0.15, -0.1) is 11.3 Å². The zero-order valence-electron chi connectivity index (χ0n) is 13.7. The third kappa shape index (κ3) is 13.6. The fourth-order valence-corrected chi connectivity index (χ4v) is 2.53. The van der Waals surface area contributed by atoms with Crippen molar-refractivity contribution in [3.63, 3.8) is 0 Å². The molecular formula is C17H29NO2S. The second-order valence-electron chi connectivity index (χ2n) is 5.67. The second-order valence-corrected chi connectivity index (χ2v) is 6.65. The van der Waals surface area contributed by atoms with Crippen LogP contribution in [0.1, 0.15) is 58.4 Å². The standard InChI is InChI=1S/C10H18O2.C7H11NS/c1-3-4-5-6-7-9(2)8-10(11)12;1-6(2)5-7-8-3-4-9-7/h6-7,9H,3-5,8H2,1-2H3,(H,11,12);3-4,6H,5H2,1-2H3. The third-order valence-electron chi connectivity index (χ3n) is 2.75. The summed E-state index contributed by atoms with van der Waals surface area (Å²) in [5.74, 6) is 0.179. The van der Waals surface area contributed by atoms with E-state index in [0.29, 0.717) is 0 Å². The highest BCUT2D eigenvalue weighted by molar-refractivity contribution is 7.09. The summed E-state index contributed by atoms with van der Waals surface area (Å²) in [4.78, 5) is 14.4. The Bertz CT molecular complexity index is 386. The Morgan fingerprint density at radius 1 is 1.43 bits per heavy atom. The Balaban J connectivity index is 0.000000394. The monoisotopic (exact) mass is 311 g/mol. The molecule has 0 amide bonds. The Labute approximate surface area is 133 Å². The fraction of sp³-hybridized carbons (Fsp3) is 0.647. The van der Waals surface area contributed by atoms with E-state index in [-0.39, 0.29) is 12.3 Å². The highest BCUT2D eigenvalue weighted by atomic mass is 32.1. The van der Waals surface area contributed by atoms with Crippen molar-refractivity contribution in [1.29, 1.82) is 0 Å². The van der Waals surface area contributed by atoms with Gasteiger partial charge in [-0.3, -0.25) is 4.79 Å². The Kier molecular flexibility index (Phi) is 11.9. The molecular weight excluding hydrogens is 282 g/mol. The number of hydrogen-bond donors (Lipinski definition) is 1. The Hall–Kier alpha value is -1.16. The van der Waals surface area contributed by atoms with Gasteiger partial charge in [-0.05, 0) is 18.3 Å². The zero-order valence-corrected chi connectivity index (χ0v) is 14.5. The predicted molar refractivity (Wildman–Crippen MR) is 90.7 cm³/mol. The number of unbranched alkanes of at least 4 members (excludes halogenated alkanes) is 2. The van der Waals surface area contributed by atoms with Crippen LogP contribution in [0.5, 0.6) is 0 Å². The SMILES string of the molecule is CC(C)Cc1nccs1.CCCCC=CC(C)CC(=O)O. The number of carboxylic acid groups (broad SMARTS) is 1. The minimum absolute atomic E-state index is 0.166. The van der Waals surface area contributed by atoms with E-state index in [1.807, 2.05) is 24.6 Å². The maximum Gasteiger partial charge on any atom is 0.303 e. The summed E-state index contributed by atoms with van der Waals surface area (Å²) >= 11 is 1.74. The van der Waals surface area contributed by atoms with Crippen LogP contribution in [-0.4, -0.2) is 16.1 Å². The first-order chi connectivity index (χ1) is 9.95. The average Bonchev–Trinajstić information content (AvgIpc) is 2.86. The lowest BCUT2D eigenvalue weighted by molar-refractivity contribution is -0.137. The van der Waals surface area contributed by atoms with Crippen molar-refractivity contribution in [2.24, 2.45) is 11.8 Å². The van der Waals surface area contributed by atoms with Crippen molar-refractivity contribution in [3.05, 3.63) is 28.7 Å². The number of aliphatic carboxylic acids is 1. The van der Waals surface area contributed by atoms with Gasteiger partial charge < -0.3 is 5.11 Å². The summed E-state index contributed by atoms with van der Waals surface area (Å²) in [5, 5.41) is 11.7. The largest absolute Gasteiger partial charge is 0.481 e. The number of aromatic nitrogens is 1. The van der Waals surface area contributed by atoms with Crippen LogP contribution in [0.2, 0.25) is 0 Å². The molecule has 0 radical (unpaired) electrons. The topological polar surface area (TPSA) is 50.2 Å². The van der Waals surface area contributed by atoms with E-state index in [4.69, 9.17) is 5.11 Å². The van der Waals surface area contributed by atoms with Gasteiger partial charge in [-0.2, -0.15) is 0 Å². The molecule has 0 aliphatic carbocycles. The smallest absolute Gasteiger partial charge is 0.303 e. The Morgan fingerprint density at radius 3 is 2.62 bits per heavy atom. The molecule has 1 atom stereocenters. The minimum atomic E-state index is -0.720. The van der Waals surface area contributed by atoms with Crippen LogP contribution < -0.4 is 0 Å². The molecule has 1 unspecified atom stereocenters. The van der Waals surface area contributed by atoms with Gasteiger partial charge in [-0.25, -0.2) is 4.98 Å². The van der Waals surface area contributed by atoms with E-state index in [1.165, 1.54) is 17.8 Å². The molecule has 0 fully saturated rings. The molecule has 1 aromatic heterocycles. The fourth-order valence-electron chi connectivity index (χ4n) is 1.70. The number of thiazole rings is 1. The summed E-state index contributed by atoms with van der Waals surface area (Å²) in [7, 11) is 0. The highest BCUT2D eigenvalue weighted by Gasteiger charge is 2.02. The van der Waals surface area contributed by atoms with Crippen molar-refractivity contribution in [2.75, 3.05) is 0 Å². The normalized spacial score (nSPS) is 12.2. The molecule has 0 saturated carbocycles. The number of nitrogens with zero attached hydrogens (tertiary/aromatic N) is 1. The van der Waals surface area contributed by atoms with E-state index < -0.39 is 5.97 Å². The molecule has 120 valence electrons. The number of carbonyl (C=O) groups is 1. The number of allylic oxidation sites excluding steroid dienone is 2. The van der Waals surface area contributed by atoms with Crippen LogP contribution in [0.25, 0.3) is 0 Å². The number of rotatable bonds is 8. The van der Waals surface area contributed by atoms with Crippen molar-refractivity contribution in [2.45, 2.75) is 59.8 Å². The van der Waals surface area contributed by atoms with Crippen LogP contribution >= 0.6 is 11.3 Å². The summed E-state index contributed by atoms with van der Waals surface area (Å²) in [6.45, 7) is 8.49. The molecule has 1 rings (SSSR count). The lowest BCUT2D eigenvalue weighted by Crippen LogP contribution is -2.00. The van der Waals surface area contributed by atoms with Crippen LogP contribution in [0, 0.1) is 11.8 Å². The summed E-state index contributed by atoms with van der Waals surface area (Å²) in [5.41, 5.74) is 0. The van der Waals surface area contributed by atoms with Gasteiger partial charge in [-0.1, -0.05) is 52.7 Å². The molecule has 0 aliphatic heterocycles. The zero-order chi connectivity index (χ0) is 16.1. The van der Waals surface area contributed by atoms with Gasteiger partial charge in [0.2, 0.25) is 0 Å². The predicted octanol–water partition coefficient (Wildman–Crippen LogP) is 5.19. The molecule has 21 heavy (non-hydrogen) atoms. The van der Waals surface area contributed by atoms with Crippen LogP contribution in [0.15, 0.2) is 23.7 Å². The molecule has 0 aromatic carbocycles. The number of carboxylic acids is 1. The minimum Gasteiger partial charge on any atom is -0.481 e. The lowest BCUT2D eigenvalue weighted by Gasteiger charge is -1.99. The third-order valence-corrected chi connectivity index (χ3v) is 3.55. The molecule has 1 N–H and O–H groups in total. The Morgan fingerprint density at radius 2 is 2.14 bits per heavy atom. The molecule has 4 heteroatoms. The van der Waals surface area contributed by atoms with Crippen LogP contribution in [0.3, 0.4) is 0 Å². The van der Waals surface area contributed by atoms with E-state index in [9.17, 15) is 4.79 Å². The molecule has 1 heterocycles. The van der Waals surface area contributed by atoms with Gasteiger partial charge in [0, 0.05) is 18.0 Å². The van der Waals surface area contributed by atoms with Crippen molar-refractivity contribution < 1.29 is 9.90 Å². The first kappa shape index (κ1) is 19.8. The van der Waals surface area contributed by atoms with E-state index in [1.54, 1.807) is 11.3 Å². The van der Waals surface area contributed by atoms with E-state index >= 15 is 0 Å². The average molecular weight is 311 g/mol. The summed E-state index contributed by atoms with van der Waals surface area (Å²) in [6, 6.07) is 0. The number of hydrogen-bond acceptors (Lipinski definition) is 3. The lowest BCUT2D eigenvalue weighted by atomic mass is 10.1. The molecule has 1 aromatic rings. The molecule has 0 spiro atoms. The highest BCUT2D eigenvalue weighted by Crippen LogP contribution is 2.09. The van der Waals surface area contributed by atoms with Gasteiger partial charge in [0.1, 0.15) is 0 Å². The van der Waals surface area contributed by atoms with E-state index in [0.717, 1.165) is 18.8 Å². The van der Waals surface area contributed by atoms with Gasteiger partial charge in [0.15, 0.2) is 0 Å². The second kappa shape index (κ2) is 12.6. The first-order valence-electron chi connectivity index (χ1n) is 7.72. The van der Waals surface area contributed by atoms with Gasteiger partial charge in [0.25, 0.3) is 0 Å². The van der Waals surface area contributed by atoms with Gasteiger partial charge >= 0.3 is 5.97 Å². The van der Waals surface area contributed by atoms with Crippen LogP contribution in [0.4, 0.5) is 0 Å². The first-order valence-corrected chi connectivity index (χ1v) is 8.60. The quantitative estimate of drug-likeness (QED) is 0.531. The summed E-state index contributed by atoms with van der Waals surface area (Å²) < 4.78 is 0. The molecule has 0 aliphatic rings. The molecule has 0 bridgehead atoms. The summed E-state index contributed by atoms with van der Waals surface area (Å²) in [6.07, 6.45) is 10.7. The van der Waals surface area contributed by atoms with E-state index in [2.05, 4.69) is 31.8 Å². The molecule has 3 nitrogen and oxygen atoms in total. The van der Waals surface area contributed by atoms with Gasteiger partial charge in [0.05, 0.1) is 11.4 Å². The van der Waals surface area contributed by atoms with Crippen molar-refractivity contribution in [1.82, 2.24) is 4.98 Å². The van der Waals surface area contributed by atoms with Crippen molar-refractivity contribution in [3.8, 4) is 0 Å². The van der Waals surface area contributed by atoms with Crippen LogP contribution in [-0.2, 0) is 11.2 Å². The maximum absolute atomic E-state index is 10.3. The maximum atomic E-state index is 10.3.